The molecule has 1 heterocycles. The second-order valence-electron chi connectivity index (χ2n) is 5.18. The first-order valence-corrected chi connectivity index (χ1v) is 6.12. The fraction of sp³-hybridized carbons (Fsp3) is 0.917. The fourth-order valence-corrected chi connectivity index (χ4v) is 3.57. The molecule has 1 saturated heterocycles. The number of rotatable bonds is 1. The third kappa shape index (κ3) is 1.40. The van der Waals surface area contributed by atoms with Crippen molar-refractivity contribution in [1.82, 2.24) is 4.90 Å². The Balaban J connectivity index is 1.59. The predicted molar refractivity (Wildman–Crippen MR) is 55.1 cm³/mol. The summed E-state index contributed by atoms with van der Waals surface area (Å²) in [5, 5.41) is 0. The van der Waals surface area contributed by atoms with Crippen LogP contribution >= 0.6 is 0 Å². The number of carbonyl (C=O) groups is 1. The maximum atomic E-state index is 11.1. The number of fused-ring (bicyclic) bond motifs is 1. The van der Waals surface area contributed by atoms with E-state index in [0.29, 0.717) is 5.78 Å². The van der Waals surface area contributed by atoms with Crippen molar-refractivity contribution in [3.8, 4) is 0 Å². The third-order valence-electron chi connectivity index (χ3n) is 4.39. The normalized spacial score (nSPS) is 43.4. The maximum absolute atomic E-state index is 11.1. The van der Waals surface area contributed by atoms with Crippen LogP contribution in [0.5, 0.6) is 0 Å². The summed E-state index contributed by atoms with van der Waals surface area (Å²) in [6, 6.07) is 0.880. The number of likely N-dealkylation sites (tertiary alicyclic amines) is 1. The van der Waals surface area contributed by atoms with Gasteiger partial charge in [-0.3, -0.25) is 9.69 Å². The first kappa shape index (κ1) is 8.90. The molecule has 0 spiro atoms. The highest BCUT2D eigenvalue weighted by Gasteiger charge is 2.53. The molecule has 2 aliphatic carbocycles. The Hall–Kier alpha value is -0.370. The lowest BCUT2D eigenvalue weighted by atomic mass is 10.0. The molecule has 0 N–H and O–H groups in total. The minimum Gasteiger partial charge on any atom is -0.300 e. The Kier molecular flexibility index (Phi) is 2.12. The van der Waals surface area contributed by atoms with Gasteiger partial charge >= 0.3 is 0 Å². The van der Waals surface area contributed by atoms with Crippen LogP contribution in [0, 0.1) is 11.8 Å². The summed E-state index contributed by atoms with van der Waals surface area (Å²) in [6.45, 7) is 2.10. The van der Waals surface area contributed by atoms with E-state index >= 15 is 0 Å². The summed E-state index contributed by atoms with van der Waals surface area (Å²) >= 11 is 0. The molecule has 3 rings (SSSR count). The van der Waals surface area contributed by atoms with E-state index in [1.807, 2.05) is 0 Å². The zero-order valence-electron chi connectivity index (χ0n) is 8.74. The molecule has 0 bridgehead atoms. The van der Waals surface area contributed by atoms with Gasteiger partial charge in [0, 0.05) is 32.0 Å². The maximum Gasteiger partial charge on any atom is 0.135 e. The summed E-state index contributed by atoms with van der Waals surface area (Å²) in [7, 11) is 0. The van der Waals surface area contributed by atoms with Crippen molar-refractivity contribution in [2.75, 3.05) is 13.1 Å². The van der Waals surface area contributed by atoms with Crippen LogP contribution < -0.4 is 0 Å². The Morgan fingerprint density at radius 3 is 2.14 bits per heavy atom. The molecule has 14 heavy (non-hydrogen) atoms. The Labute approximate surface area is 85.7 Å². The van der Waals surface area contributed by atoms with Gasteiger partial charge in [0.25, 0.3) is 0 Å². The second kappa shape index (κ2) is 3.34. The van der Waals surface area contributed by atoms with E-state index in [1.54, 1.807) is 0 Å². The van der Waals surface area contributed by atoms with Gasteiger partial charge in [-0.2, -0.15) is 0 Å². The van der Waals surface area contributed by atoms with Gasteiger partial charge < -0.3 is 0 Å². The summed E-state index contributed by atoms with van der Waals surface area (Å²) in [5.41, 5.74) is 0. The van der Waals surface area contributed by atoms with Crippen LogP contribution in [0.15, 0.2) is 0 Å². The van der Waals surface area contributed by atoms with Crippen molar-refractivity contribution in [1.29, 1.82) is 0 Å². The molecule has 2 saturated carbocycles. The smallest absolute Gasteiger partial charge is 0.135 e. The van der Waals surface area contributed by atoms with Crippen molar-refractivity contribution in [3.05, 3.63) is 0 Å². The molecule has 0 aromatic heterocycles. The van der Waals surface area contributed by atoms with Gasteiger partial charge in [-0.1, -0.05) is 12.8 Å². The Morgan fingerprint density at radius 1 is 1.00 bits per heavy atom. The zero-order chi connectivity index (χ0) is 9.54. The standard InChI is InChI=1S/C12H19NO/c14-9-5-7-13(8-6-9)12-10-3-1-2-4-11(10)12/h10-12H,1-8H2. The van der Waals surface area contributed by atoms with Crippen LogP contribution in [0.25, 0.3) is 0 Å². The van der Waals surface area contributed by atoms with Gasteiger partial charge in [0.1, 0.15) is 5.78 Å². The van der Waals surface area contributed by atoms with Crippen LogP contribution in [0.2, 0.25) is 0 Å². The predicted octanol–water partition coefficient (Wildman–Crippen LogP) is 1.84. The van der Waals surface area contributed by atoms with Crippen molar-refractivity contribution >= 4 is 5.78 Å². The lowest BCUT2D eigenvalue weighted by Gasteiger charge is -2.26. The quantitative estimate of drug-likeness (QED) is 0.633. The van der Waals surface area contributed by atoms with Gasteiger partial charge in [-0.15, -0.1) is 0 Å². The van der Waals surface area contributed by atoms with Crippen molar-refractivity contribution in [3.63, 3.8) is 0 Å². The first-order chi connectivity index (χ1) is 6.86. The van der Waals surface area contributed by atoms with Crippen molar-refractivity contribution in [2.24, 2.45) is 11.8 Å². The average molecular weight is 193 g/mol. The molecule has 2 nitrogen and oxygen atoms in total. The number of carbonyl (C=O) groups excluding carboxylic acids is 1. The van der Waals surface area contributed by atoms with E-state index in [9.17, 15) is 4.79 Å². The lowest BCUT2D eigenvalue weighted by Crippen LogP contribution is -2.36. The summed E-state index contributed by atoms with van der Waals surface area (Å²) in [5.74, 6) is 2.50. The van der Waals surface area contributed by atoms with Crippen LogP contribution in [0.1, 0.15) is 38.5 Å². The highest BCUT2D eigenvalue weighted by molar-refractivity contribution is 5.79. The number of ketones is 1. The molecule has 78 valence electrons. The molecular formula is C12H19NO. The van der Waals surface area contributed by atoms with Gasteiger partial charge in [0.15, 0.2) is 0 Å². The molecule has 2 unspecified atom stereocenters. The number of hydrogen-bond acceptors (Lipinski definition) is 2. The highest BCUT2D eigenvalue weighted by Crippen LogP contribution is 2.52. The van der Waals surface area contributed by atoms with Crippen LogP contribution in [0.4, 0.5) is 0 Å². The largest absolute Gasteiger partial charge is 0.300 e. The molecular weight excluding hydrogens is 174 g/mol. The Bertz CT molecular complexity index is 229. The van der Waals surface area contributed by atoms with Crippen molar-refractivity contribution in [2.45, 2.75) is 44.6 Å². The first-order valence-electron chi connectivity index (χ1n) is 6.12. The molecule has 3 aliphatic rings. The molecule has 0 aromatic carbocycles. The summed E-state index contributed by atoms with van der Waals surface area (Å²) in [4.78, 5) is 13.7. The molecule has 2 atom stereocenters. The number of piperidine rings is 1. The Morgan fingerprint density at radius 2 is 1.57 bits per heavy atom. The van der Waals surface area contributed by atoms with Gasteiger partial charge in [-0.25, -0.2) is 0 Å². The van der Waals surface area contributed by atoms with Crippen molar-refractivity contribution < 1.29 is 4.79 Å². The fourth-order valence-electron chi connectivity index (χ4n) is 3.57. The van der Waals surface area contributed by atoms with Gasteiger partial charge in [0.05, 0.1) is 0 Å². The van der Waals surface area contributed by atoms with Gasteiger partial charge in [-0.05, 0) is 24.7 Å². The number of Topliss-reactive ketones (excluding diaryl/α,β-unsaturated/α-hetero) is 1. The van der Waals surface area contributed by atoms with E-state index in [1.165, 1.54) is 25.7 Å². The number of hydrogen-bond donors (Lipinski definition) is 0. The minimum atomic E-state index is 0.477. The topological polar surface area (TPSA) is 20.3 Å². The average Bonchev–Trinajstić information content (AvgIpc) is 2.93. The summed E-state index contributed by atoms with van der Waals surface area (Å²) < 4.78 is 0. The third-order valence-corrected chi connectivity index (χ3v) is 4.39. The SMILES string of the molecule is O=C1CCN(C2C3CCCCC32)CC1. The van der Waals surface area contributed by atoms with E-state index in [-0.39, 0.29) is 0 Å². The van der Waals surface area contributed by atoms with E-state index in [2.05, 4.69) is 4.90 Å². The van der Waals surface area contributed by atoms with Crippen LogP contribution in [-0.2, 0) is 4.79 Å². The highest BCUT2D eigenvalue weighted by atomic mass is 16.1. The second-order valence-corrected chi connectivity index (χ2v) is 5.18. The molecule has 3 fully saturated rings. The van der Waals surface area contributed by atoms with Crippen LogP contribution in [-0.4, -0.2) is 29.8 Å². The lowest BCUT2D eigenvalue weighted by molar-refractivity contribution is -0.121. The minimum absolute atomic E-state index is 0.477. The monoisotopic (exact) mass is 193 g/mol. The van der Waals surface area contributed by atoms with Gasteiger partial charge in [0.2, 0.25) is 0 Å². The zero-order valence-corrected chi connectivity index (χ0v) is 8.74. The number of nitrogens with zero attached hydrogens (tertiary/aromatic N) is 1. The van der Waals surface area contributed by atoms with E-state index < -0.39 is 0 Å². The summed E-state index contributed by atoms with van der Waals surface area (Å²) in [6.07, 6.45) is 7.44. The molecule has 0 amide bonds. The van der Waals surface area contributed by atoms with E-state index in [0.717, 1.165) is 43.8 Å². The molecule has 0 aromatic rings. The molecule has 1 aliphatic heterocycles. The molecule has 0 radical (unpaired) electrons. The molecule has 2 heteroatoms. The van der Waals surface area contributed by atoms with Crippen LogP contribution in [0.3, 0.4) is 0 Å². The van der Waals surface area contributed by atoms with E-state index in [4.69, 9.17) is 0 Å².